The summed E-state index contributed by atoms with van der Waals surface area (Å²) in [6.07, 6.45) is 1.19. The van der Waals surface area contributed by atoms with Crippen LogP contribution < -0.4 is 5.32 Å². The normalized spacial score (nSPS) is 15.8. The third-order valence-corrected chi connectivity index (χ3v) is 6.03. The van der Waals surface area contributed by atoms with Crippen molar-refractivity contribution < 1.29 is 14.4 Å². The number of benzene rings is 2. The highest BCUT2D eigenvalue weighted by molar-refractivity contribution is 6.09. The van der Waals surface area contributed by atoms with Gasteiger partial charge in [-0.1, -0.05) is 60.7 Å². The van der Waals surface area contributed by atoms with E-state index in [1.54, 1.807) is 0 Å². The van der Waals surface area contributed by atoms with E-state index in [2.05, 4.69) is 9.88 Å². The van der Waals surface area contributed by atoms with Crippen molar-refractivity contribution >= 4 is 17.7 Å². The van der Waals surface area contributed by atoms with Crippen LogP contribution in [0.5, 0.6) is 0 Å². The van der Waals surface area contributed by atoms with Crippen LogP contribution in [0.2, 0.25) is 0 Å². The number of carbonyl (C=O) groups is 3. The number of aryl methyl sites for hydroxylation is 2. The molecule has 1 unspecified atom stereocenters. The smallest absolute Gasteiger partial charge is 0.325 e. The SMILES string of the molecule is Cc1cc(C(=O)CN2C(=O)NC(CCc3ccccc3)C2=O)c(C)n1Cc1ccccc1. The fourth-order valence-corrected chi connectivity index (χ4v) is 4.20. The summed E-state index contributed by atoms with van der Waals surface area (Å²) in [6.45, 7) is 4.27. The minimum atomic E-state index is -0.596. The number of Topliss-reactive ketones (excluding diaryl/α,β-unsaturated/α-hetero) is 1. The van der Waals surface area contributed by atoms with E-state index in [-0.39, 0.29) is 18.2 Å². The Morgan fingerprint density at radius 3 is 2.22 bits per heavy atom. The number of hydrogen-bond donors (Lipinski definition) is 1. The lowest BCUT2D eigenvalue weighted by atomic mass is 10.1. The second-order valence-electron chi connectivity index (χ2n) is 8.23. The number of ketones is 1. The van der Waals surface area contributed by atoms with E-state index in [1.807, 2.05) is 80.6 Å². The van der Waals surface area contributed by atoms with Gasteiger partial charge in [0.25, 0.3) is 5.91 Å². The van der Waals surface area contributed by atoms with Crippen LogP contribution in [-0.4, -0.2) is 39.8 Å². The van der Waals surface area contributed by atoms with E-state index in [1.165, 1.54) is 0 Å². The van der Waals surface area contributed by atoms with Crippen LogP contribution in [0.1, 0.15) is 39.3 Å². The van der Waals surface area contributed by atoms with Gasteiger partial charge in [-0.3, -0.25) is 14.5 Å². The molecule has 1 aliphatic heterocycles. The molecule has 1 fully saturated rings. The van der Waals surface area contributed by atoms with Gasteiger partial charge in [0, 0.05) is 23.5 Å². The number of urea groups is 1. The quantitative estimate of drug-likeness (QED) is 0.436. The highest BCUT2D eigenvalue weighted by Crippen LogP contribution is 2.20. The first-order valence-electron chi connectivity index (χ1n) is 10.8. The molecule has 3 amide bonds. The number of nitrogens with zero attached hydrogens (tertiary/aromatic N) is 2. The van der Waals surface area contributed by atoms with Crippen molar-refractivity contribution in [1.82, 2.24) is 14.8 Å². The molecule has 1 aromatic heterocycles. The Morgan fingerprint density at radius 1 is 0.938 bits per heavy atom. The van der Waals surface area contributed by atoms with Gasteiger partial charge < -0.3 is 9.88 Å². The van der Waals surface area contributed by atoms with E-state index in [4.69, 9.17) is 0 Å². The van der Waals surface area contributed by atoms with Crippen LogP contribution in [0.15, 0.2) is 66.7 Å². The predicted molar refractivity (Wildman–Crippen MR) is 123 cm³/mol. The molecule has 1 aliphatic rings. The molecule has 1 N–H and O–H groups in total. The molecule has 0 saturated carbocycles. The number of aromatic nitrogens is 1. The van der Waals surface area contributed by atoms with Crippen molar-refractivity contribution in [2.75, 3.05) is 6.54 Å². The summed E-state index contributed by atoms with van der Waals surface area (Å²) in [4.78, 5) is 39.3. The maximum Gasteiger partial charge on any atom is 0.325 e. The molecular formula is C26H27N3O3. The number of hydrogen-bond acceptors (Lipinski definition) is 3. The average Bonchev–Trinajstić information content (AvgIpc) is 3.23. The maximum absolute atomic E-state index is 13.0. The summed E-state index contributed by atoms with van der Waals surface area (Å²) in [6, 6.07) is 20.6. The largest absolute Gasteiger partial charge is 0.344 e. The highest BCUT2D eigenvalue weighted by Gasteiger charge is 2.39. The fraction of sp³-hybridized carbons (Fsp3) is 0.269. The first kappa shape index (κ1) is 21.6. The fourth-order valence-electron chi connectivity index (χ4n) is 4.20. The lowest BCUT2D eigenvalue weighted by Crippen LogP contribution is -2.36. The summed E-state index contributed by atoms with van der Waals surface area (Å²) in [5.41, 5.74) is 4.60. The Kier molecular flexibility index (Phi) is 6.21. The highest BCUT2D eigenvalue weighted by atomic mass is 16.2. The van der Waals surface area contributed by atoms with Crippen LogP contribution in [0, 0.1) is 13.8 Å². The van der Waals surface area contributed by atoms with Crippen molar-refractivity contribution in [3.05, 3.63) is 94.8 Å². The van der Waals surface area contributed by atoms with E-state index in [9.17, 15) is 14.4 Å². The van der Waals surface area contributed by atoms with Gasteiger partial charge in [-0.15, -0.1) is 0 Å². The lowest BCUT2D eigenvalue weighted by Gasteiger charge is -2.13. The molecule has 164 valence electrons. The van der Waals surface area contributed by atoms with Gasteiger partial charge in [-0.25, -0.2) is 4.79 Å². The summed E-state index contributed by atoms with van der Waals surface area (Å²) < 4.78 is 2.08. The summed E-state index contributed by atoms with van der Waals surface area (Å²) in [5, 5.41) is 2.72. The predicted octanol–water partition coefficient (Wildman–Crippen LogP) is 3.89. The lowest BCUT2D eigenvalue weighted by molar-refractivity contribution is -0.127. The Labute approximate surface area is 187 Å². The average molecular weight is 430 g/mol. The van der Waals surface area contributed by atoms with Gasteiger partial charge in [0.2, 0.25) is 0 Å². The number of rotatable bonds is 8. The molecule has 4 rings (SSSR count). The van der Waals surface area contributed by atoms with Crippen LogP contribution in [-0.2, 0) is 17.8 Å². The molecule has 0 spiro atoms. The summed E-state index contributed by atoms with van der Waals surface area (Å²) in [7, 11) is 0. The maximum atomic E-state index is 13.0. The number of carbonyl (C=O) groups excluding carboxylic acids is 3. The molecular weight excluding hydrogens is 402 g/mol. The van der Waals surface area contributed by atoms with Gasteiger partial charge in [-0.2, -0.15) is 0 Å². The van der Waals surface area contributed by atoms with Crippen LogP contribution in [0.4, 0.5) is 4.79 Å². The molecule has 0 aliphatic carbocycles. The third kappa shape index (κ3) is 4.49. The zero-order valence-electron chi connectivity index (χ0n) is 18.4. The van der Waals surface area contributed by atoms with Gasteiger partial charge in [0.05, 0.1) is 6.54 Å². The van der Waals surface area contributed by atoms with E-state index >= 15 is 0 Å². The molecule has 2 aromatic carbocycles. The van der Waals surface area contributed by atoms with Gasteiger partial charge >= 0.3 is 6.03 Å². The standard InChI is InChI=1S/C26H27N3O3/c1-18-15-22(19(2)28(18)16-21-11-7-4-8-12-21)24(30)17-29-25(31)23(27-26(29)32)14-13-20-9-5-3-6-10-20/h3-12,15,23H,13-14,16-17H2,1-2H3,(H,27,32). The molecule has 3 aromatic rings. The molecule has 1 saturated heterocycles. The van der Waals surface area contributed by atoms with Crippen LogP contribution in [0.3, 0.4) is 0 Å². The topological polar surface area (TPSA) is 71.4 Å². The van der Waals surface area contributed by atoms with E-state index < -0.39 is 12.1 Å². The van der Waals surface area contributed by atoms with E-state index in [0.717, 1.165) is 27.4 Å². The molecule has 32 heavy (non-hydrogen) atoms. The Hall–Kier alpha value is -3.67. The van der Waals surface area contributed by atoms with Gasteiger partial charge in [0.1, 0.15) is 6.04 Å². The first-order valence-corrected chi connectivity index (χ1v) is 10.8. The van der Waals surface area contributed by atoms with Crippen molar-refractivity contribution in [3.8, 4) is 0 Å². The minimum Gasteiger partial charge on any atom is -0.344 e. The van der Waals surface area contributed by atoms with Crippen molar-refractivity contribution in [1.29, 1.82) is 0 Å². The zero-order chi connectivity index (χ0) is 22.7. The number of imide groups is 1. The van der Waals surface area contributed by atoms with Crippen molar-refractivity contribution in [2.45, 2.75) is 39.3 Å². The third-order valence-electron chi connectivity index (χ3n) is 6.03. The number of nitrogens with one attached hydrogen (secondary N) is 1. The number of amides is 3. The van der Waals surface area contributed by atoms with Gasteiger partial charge in [0.15, 0.2) is 5.78 Å². The minimum absolute atomic E-state index is 0.232. The Bertz CT molecular complexity index is 1140. The van der Waals surface area contributed by atoms with Crippen molar-refractivity contribution in [2.24, 2.45) is 0 Å². The molecule has 6 heteroatoms. The Morgan fingerprint density at radius 2 is 1.56 bits per heavy atom. The molecule has 0 radical (unpaired) electrons. The first-order chi connectivity index (χ1) is 15.4. The summed E-state index contributed by atoms with van der Waals surface area (Å²) in [5.74, 6) is -0.568. The Balaban J connectivity index is 1.43. The second-order valence-corrected chi connectivity index (χ2v) is 8.23. The molecule has 1 atom stereocenters. The van der Waals surface area contributed by atoms with Crippen molar-refractivity contribution in [3.63, 3.8) is 0 Å². The van der Waals surface area contributed by atoms with Crippen LogP contribution >= 0.6 is 0 Å². The zero-order valence-corrected chi connectivity index (χ0v) is 18.4. The molecule has 2 heterocycles. The summed E-state index contributed by atoms with van der Waals surface area (Å²) >= 11 is 0. The van der Waals surface area contributed by atoms with Crippen LogP contribution in [0.25, 0.3) is 0 Å². The molecule has 0 bridgehead atoms. The monoisotopic (exact) mass is 429 g/mol. The van der Waals surface area contributed by atoms with E-state index in [0.29, 0.717) is 24.9 Å². The molecule has 6 nitrogen and oxygen atoms in total. The second kappa shape index (κ2) is 9.22. The van der Waals surface area contributed by atoms with Gasteiger partial charge in [-0.05, 0) is 43.9 Å².